The molecule has 0 aromatic heterocycles. The Morgan fingerprint density at radius 3 is 2.05 bits per heavy atom. The number of aliphatic carboxylic acids is 1. The summed E-state index contributed by atoms with van der Waals surface area (Å²) in [5, 5.41) is 8.23. The van der Waals surface area contributed by atoms with Gasteiger partial charge in [-0.25, -0.2) is 0 Å². The van der Waals surface area contributed by atoms with E-state index in [0.29, 0.717) is 6.42 Å². The second kappa shape index (κ2) is 15.4. The summed E-state index contributed by atoms with van der Waals surface area (Å²) in [6.45, 7) is 2.10. The fraction of sp³-hybridized carbons (Fsp3) is 0.833. The van der Waals surface area contributed by atoms with Gasteiger partial charge in [0.15, 0.2) is 5.25 Å². The number of carbonyl (C=O) groups excluding carboxylic acids is 2. The van der Waals surface area contributed by atoms with Crippen LogP contribution in [0.4, 0.5) is 0 Å². The van der Waals surface area contributed by atoms with E-state index in [0.717, 1.165) is 32.1 Å². The molecule has 0 amide bonds. The van der Waals surface area contributed by atoms with Crippen LogP contribution in [0, 0.1) is 0 Å². The molecule has 0 radical (unpaired) electrons. The number of unbranched alkanes of at least 4 members (excludes halogenated alkanes) is 5. The van der Waals surface area contributed by atoms with Gasteiger partial charge in [-0.1, -0.05) is 39.0 Å². The number of carbonyl (C=O) groups is 2. The maximum Gasteiger partial charge on any atom is 1.00 e. The van der Waals surface area contributed by atoms with Crippen molar-refractivity contribution in [1.82, 2.24) is 0 Å². The van der Waals surface area contributed by atoms with Crippen LogP contribution in [0.25, 0.3) is 0 Å². The minimum atomic E-state index is -4.81. The average molecular weight is 355 g/mol. The van der Waals surface area contributed by atoms with Gasteiger partial charge >= 0.3 is 65.1 Å². The summed E-state index contributed by atoms with van der Waals surface area (Å²) in [7, 11) is -4.81. The van der Waals surface area contributed by atoms with Gasteiger partial charge in [-0.15, -0.1) is 0 Å². The zero-order valence-electron chi connectivity index (χ0n) is 13.5. The molecular formula is C12H21Na2O7S+. The molecule has 118 valence electrons. The normalized spacial score (nSPS) is 11.7. The van der Waals surface area contributed by atoms with Crippen molar-refractivity contribution in [2.45, 2.75) is 57.1 Å². The molecule has 0 spiro atoms. The molecule has 0 heterocycles. The fourth-order valence-electron chi connectivity index (χ4n) is 1.61. The molecule has 0 aromatic rings. The predicted octanol–water partition coefficient (Wildman–Crippen LogP) is -5.71. The van der Waals surface area contributed by atoms with Crippen LogP contribution in [0.2, 0.25) is 0 Å². The van der Waals surface area contributed by atoms with Gasteiger partial charge in [0, 0.05) is 12.4 Å². The molecular weight excluding hydrogens is 334 g/mol. The summed E-state index contributed by atoms with van der Waals surface area (Å²) in [5.74, 6) is -3.01. The quantitative estimate of drug-likeness (QED) is 0.170. The van der Waals surface area contributed by atoms with E-state index in [1.54, 1.807) is 0 Å². The van der Waals surface area contributed by atoms with E-state index < -0.39 is 33.7 Å². The van der Waals surface area contributed by atoms with Crippen molar-refractivity contribution in [1.29, 1.82) is 0 Å². The summed E-state index contributed by atoms with van der Waals surface area (Å²) in [5.41, 5.74) is 0. The fourth-order valence-corrected chi connectivity index (χ4v) is 2.27. The minimum absolute atomic E-state index is 0. The monoisotopic (exact) mass is 355 g/mol. The van der Waals surface area contributed by atoms with Crippen LogP contribution >= 0.6 is 0 Å². The van der Waals surface area contributed by atoms with Crippen molar-refractivity contribution in [3.8, 4) is 0 Å². The van der Waals surface area contributed by atoms with Gasteiger partial charge in [-0.2, -0.15) is 8.42 Å². The Balaban J connectivity index is -0.00000180. The first-order chi connectivity index (χ1) is 9.29. The molecule has 0 fully saturated rings. The largest absolute Gasteiger partial charge is 1.00 e. The predicted molar refractivity (Wildman–Crippen MR) is 69.3 cm³/mol. The Morgan fingerprint density at radius 2 is 1.59 bits per heavy atom. The Hall–Kier alpha value is 0.850. The molecule has 0 aromatic carbocycles. The number of hydrogen-bond acceptors (Lipinski definition) is 6. The van der Waals surface area contributed by atoms with Crippen molar-refractivity contribution in [3.63, 3.8) is 0 Å². The second-order valence-corrected chi connectivity index (χ2v) is 6.11. The molecule has 0 aliphatic heterocycles. The van der Waals surface area contributed by atoms with Crippen LogP contribution in [0.5, 0.6) is 0 Å². The van der Waals surface area contributed by atoms with Crippen LogP contribution in [0.1, 0.15) is 51.9 Å². The molecule has 22 heavy (non-hydrogen) atoms. The van der Waals surface area contributed by atoms with Crippen LogP contribution in [-0.4, -0.2) is 36.8 Å². The van der Waals surface area contributed by atoms with Crippen LogP contribution in [0.3, 0.4) is 0 Å². The topological polar surface area (TPSA) is 121 Å². The number of carboxylic acids is 1. The smallest absolute Gasteiger partial charge is 0.550 e. The Labute approximate surface area is 175 Å². The van der Waals surface area contributed by atoms with Crippen LogP contribution in [0.15, 0.2) is 0 Å². The number of rotatable bonds is 11. The summed E-state index contributed by atoms with van der Waals surface area (Å²) in [4.78, 5) is 21.8. The van der Waals surface area contributed by atoms with Crippen molar-refractivity contribution < 1.29 is 91.5 Å². The van der Waals surface area contributed by atoms with Crippen LogP contribution < -0.4 is 64.2 Å². The number of ether oxygens (including phenoxy) is 1. The standard InChI is InChI=1S/C12H22O7S.2Na/c1-2-3-4-5-6-7-8-19-12(15)10(9-11(13)14)20(16,17)18;;/h10H,2-9H2,1H3,(H,13,14)(H,16,17,18);;/q;2*+1/p-1. The number of hydrogen-bond donors (Lipinski definition) is 1. The van der Waals surface area contributed by atoms with E-state index >= 15 is 0 Å². The molecule has 1 atom stereocenters. The molecule has 7 nitrogen and oxygen atoms in total. The van der Waals surface area contributed by atoms with Gasteiger partial charge in [0.25, 0.3) is 10.1 Å². The third kappa shape index (κ3) is 14.4. The minimum Gasteiger partial charge on any atom is -0.550 e. The third-order valence-electron chi connectivity index (χ3n) is 2.72. The van der Waals surface area contributed by atoms with Gasteiger partial charge in [0.05, 0.1) is 6.61 Å². The summed E-state index contributed by atoms with van der Waals surface area (Å²) < 4.78 is 35.2. The van der Waals surface area contributed by atoms with E-state index in [2.05, 4.69) is 11.7 Å². The molecule has 0 saturated heterocycles. The second-order valence-electron chi connectivity index (χ2n) is 4.52. The Bertz CT molecular complexity index is 412. The molecule has 0 aliphatic rings. The van der Waals surface area contributed by atoms with Gasteiger partial charge in [-0.3, -0.25) is 9.35 Å². The van der Waals surface area contributed by atoms with Crippen molar-refractivity contribution >= 4 is 22.1 Å². The Kier molecular flexibility index (Phi) is 19.4. The number of esters is 1. The van der Waals surface area contributed by atoms with Crippen molar-refractivity contribution in [3.05, 3.63) is 0 Å². The first kappa shape index (κ1) is 27.7. The van der Waals surface area contributed by atoms with Gasteiger partial charge < -0.3 is 14.6 Å². The van der Waals surface area contributed by atoms with Gasteiger partial charge in [-0.05, 0) is 6.42 Å². The number of carboxylic acid groups (broad SMARTS) is 1. The van der Waals surface area contributed by atoms with E-state index in [-0.39, 0.29) is 65.7 Å². The van der Waals surface area contributed by atoms with E-state index in [4.69, 9.17) is 4.55 Å². The molecule has 0 rings (SSSR count). The molecule has 1 N–H and O–H groups in total. The average Bonchev–Trinajstić information content (AvgIpc) is 2.33. The Morgan fingerprint density at radius 1 is 1.09 bits per heavy atom. The van der Waals surface area contributed by atoms with E-state index in [9.17, 15) is 23.1 Å². The molecule has 0 aliphatic carbocycles. The van der Waals surface area contributed by atoms with E-state index in [1.807, 2.05) is 0 Å². The zero-order valence-corrected chi connectivity index (χ0v) is 18.4. The molecule has 0 saturated carbocycles. The molecule has 0 bridgehead atoms. The first-order valence-electron chi connectivity index (χ1n) is 6.61. The van der Waals surface area contributed by atoms with Gasteiger partial charge in [0.1, 0.15) is 0 Å². The summed E-state index contributed by atoms with van der Waals surface area (Å²) in [6, 6.07) is 0. The zero-order chi connectivity index (χ0) is 15.6. The SMILES string of the molecule is CCCCCCCCOC(=O)C(CC(=O)[O-])S(=O)(=O)O.[Na+].[Na+]. The maximum atomic E-state index is 11.4. The maximum absolute atomic E-state index is 11.4. The first-order valence-corrected chi connectivity index (χ1v) is 8.12. The molecule has 1 unspecified atom stereocenters. The van der Waals surface area contributed by atoms with Crippen LogP contribution in [-0.2, 0) is 24.4 Å². The molecule has 10 heteroatoms. The van der Waals surface area contributed by atoms with Crippen molar-refractivity contribution in [2.75, 3.05) is 6.61 Å². The summed E-state index contributed by atoms with van der Waals surface area (Å²) >= 11 is 0. The third-order valence-corrected chi connectivity index (χ3v) is 3.79. The van der Waals surface area contributed by atoms with Gasteiger partial charge in [0.2, 0.25) is 0 Å². The van der Waals surface area contributed by atoms with E-state index in [1.165, 1.54) is 0 Å². The summed E-state index contributed by atoms with van der Waals surface area (Å²) in [6.07, 6.45) is 4.62. The van der Waals surface area contributed by atoms with Crippen molar-refractivity contribution in [2.24, 2.45) is 0 Å².